The summed E-state index contributed by atoms with van der Waals surface area (Å²) in [6, 6.07) is 5.00. The van der Waals surface area contributed by atoms with E-state index in [4.69, 9.17) is 9.47 Å². The average molecular weight is 469 g/mol. The molecule has 32 heavy (non-hydrogen) atoms. The Labute approximate surface area is 191 Å². The summed E-state index contributed by atoms with van der Waals surface area (Å²) >= 11 is 1.57. The van der Waals surface area contributed by atoms with Crippen LogP contribution in [0.15, 0.2) is 23.4 Å². The first kappa shape index (κ1) is 23.1. The Morgan fingerprint density at radius 3 is 2.69 bits per heavy atom. The summed E-state index contributed by atoms with van der Waals surface area (Å²) in [4.78, 5) is 2.32. The summed E-state index contributed by atoms with van der Waals surface area (Å²) in [5, 5.41) is 9.86. The van der Waals surface area contributed by atoms with Crippen LogP contribution in [0.3, 0.4) is 0 Å². The first-order valence-corrected chi connectivity index (χ1v) is 12.1. The minimum Gasteiger partial charge on any atom is -0.493 e. The molecule has 0 bridgehead atoms. The van der Waals surface area contributed by atoms with Crippen molar-refractivity contribution in [1.29, 1.82) is 0 Å². The molecule has 10 heteroatoms. The van der Waals surface area contributed by atoms with E-state index >= 15 is 0 Å². The minimum atomic E-state index is -2.89. The molecule has 0 spiro atoms. The highest BCUT2D eigenvalue weighted by molar-refractivity contribution is 7.98. The Morgan fingerprint density at radius 1 is 1.19 bits per heavy atom. The number of benzene rings is 1. The molecule has 0 N–H and O–H groups in total. The monoisotopic (exact) mass is 468 g/mol. The van der Waals surface area contributed by atoms with Crippen molar-refractivity contribution in [3.8, 4) is 11.5 Å². The molecule has 2 aliphatic rings. The molecular formula is C22H30F2N4O3S. The van der Waals surface area contributed by atoms with Crippen molar-refractivity contribution in [2.24, 2.45) is 5.92 Å². The van der Waals surface area contributed by atoms with Gasteiger partial charge in [0.05, 0.1) is 19.8 Å². The van der Waals surface area contributed by atoms with Crippen molar-refractivity contribution in [3.63, 3.8) is 0 Å². The van der Waals surface area contributed by atoms with Gasteiger partial charge >= 0.3 is 6.61 Å². The zero-order chi connectivity index (χ0) is 22.5. The van der Waals surface area contributed by atoms with E-state index in [1.165, 1.54) is 13.2 Å². The van der Waals surface area contributed by atoms with Crippen molar-refractivity contribution in [2.75, 3.05) is 31.7 Å². The first-order chi connectivity index (χ1) is 15.5. The highest BCUT2D eigenvalue weighted by atomic mass is 32.2. The molecule has 0 saturated carbocycles. The fourth-order valence-corrected chi connectivity index (χ4v) is 5.01. The molecule has 2 aliphatic heterocycles. The molecule has 2 saturated heterocycles. The van der Waals surface area contributed by atoms with E-state index in [2.05, 4.69) is 31.3 Å². The van der Waals surface area contributed by atoms with E-state index in [9.17, 15) is 8.78 Å². The number of nitrogens with zero attached hydrogens (tertiary/aromatic N) is 4. The van der Waals surface area contributed by atoms with Crippen LogP contribution in [-0.2, 0) is 17.0 Å². The lowest BCUT2D eigenvalue weighted by atomic mass is 10.00. The van der Waals surface area contributed by atoms with Gasteiger partial charge in [0.1, 0.15) is 0 Å². The molecule has 1 atom stereocenters. The van der Waals surface area contributed by atoms with Crippen molar-refractivity contribution < 1.29 is 23.0 Å². The van der Waals surface area contributed by atoms with Gasteiger partial charge in [-0.1, -0.05) is 24.8 Å². The van der Waals surface area contributed by atoms with Gasteiger partial charge in [0.15, 0.2) is 16.7 Å². The summed E-state index contributed by atoms with van der Waals surface area (Å²) in [5.74, 6) is 2.56. The third kappa shape index (κ3) is 5.64. The number of hydrogen-bond acceptors (Lipinski definition) is 7. The molecule has 7 nitrogen and oxygen atoms in total. The molecule has 176 valence electrons. The third-order valence-corrected chi connectivity index (χ3v) is 7.02. The van der Waals surface area contributed by atoms with Crippen molar-refractivity contribution in [2.45, 2.75) is 62.8 Å². The predicted octanol–water partition coefficient (Wildman–Crippen LogP) is 4.60. The topological polar surface area (TPSA) is 61.6 Å². The molecule has 1 unspecified atom stereocenters. The maximum absolute atomic E-state index is 12.6. The van der Waals surface area contributed by atoms with Gasteiger partial charge < -0.3 is 19.1 Å². The minimum absolute atomic E-state index is 0.0272. The molecule has 4 rings (SSSR count). The van der Waals surface area contributed by atoms with E-state index in [1.54, 1.807) is 23.9 Å². The number of thioether (sulfide) groups is 1. The maximum atomic E-state index is 12.6. The van der Waals surface area contributed by atoms with Crippen LogP contribution < -0.4 is 14.4 Å². The fraction of sp³-hybridized carbons (Fsp3) is 0.636. The van der Waals surface area contributed by atoms with E-state index in [-0.39, 0.29) is 17.6 Å². The van der Waals surface area contributed by atoms with E-state index in [0.717, 1.165) is 74.5 Å². The van der Waals surface area contributed by atoms with Gasteiger partial charge in [-0.05, 0) is 49.3 Å². The van der Waals surface area contributed by atoms with Crippen LogP contribution >= 0.6 is 11.8 Å². The van der Waals surface area contributed by atoms with Gasteiger partial charge in [0, 0.05) is 25.4 Å². The SMILES string of the molecule is COc1cc(CSc2nnc(N3CCC(C)CC3)n2CC2CCCO2)ccc1OC(F)F. The fourth-order valence-electron chi connectivity index (χ4n) is 4.13. The van der Waals surface area contributed by atoms with Gasteiger partial charge in [-0.2, -0.15) is 8.78 Å². The van der Waals surface area contributed by atoms with Gasteiger partial charge in [-0.25, -0.2) is 0 Å². The van der Waals surface area contributed by atoms with Crippen molar-refractivity contribution >= 4 is 17.7 Å². The number of methoxy groups -OCH3 is 1. The first-order valence-electron chi connectivity index (χ1n) is 11.1. The van der Waals surface area contributed by atoms with Crippen LogP contribution in [0.4, 0.5) is 14.7 Å². The second-order valence-corrected chi connectivity index (χ2v) is 9.29. The Morgan fingerprint density at radius 2 is 2.00 bits per heavy atom. The van der Waals surface area contributed by atoms with E-state index < -0.39 is 6.61 Å². The van der Waals surface area contributed by atoms with Gasteiger partial charge in [-0.15, -0.1) is 10.2 Å². The quantitative estimate of drug-likeness (QED) is 0.499. The number of alkyl halides is 2. The highest BCUT2D eigenvalue weighted by Crippen LogP contribution is 2.33. The average Bonchev–Trinajstić information content (AvgIpc) is 3.44. The molecular weight excluding hydrogens is 438 g/mol. The molecule has 0 radical (unpaired) electrons. The molecule has 1 aromatic carbocycles. The molecule has 1 aromatic heterocycles. The highest BCUT2D eigenvalue weighted by Gasteiger charge is 2.26. The summed E-state index contributed by atoms with van der Waals surface area (Å²) < 4.78 is 43.0. The largest absolute Gasteiger partial charge is 0.493 e. The number of rotatable bonds is 9. The van der Waals surface area contributed by atoms with E-state index in [1.807, 2.05) is 0 Å². The maximum Gasteiger partial charge on any atom is 0.387 e. The third-order valence-electron chi connectivity index (χ3n) is 5.99. The van der Waals surface area contributed by atoms with Gasteiger partial charge in [-0.3, -0.25) is 4.57 Å². The Kier molecular flexibility index (Phi) is 7.72. The smallest absolute Gasteiger partial charge is 0.387 e. The number of hydrogen-bond donors (Lipinski definition) is 0. The van der Waals surface area contributed by atoms with Crippen molar-refractivity contribution in [3.05, 3.63) is 23.8 Å². The number of halogens is 2. The van der Waals surface area contributed by atoms with Crippen LogP contribution in [0.2, 0.25) is 0 Å². The number of piperidine rings is 1. The standard InChI is InChI=1S/C22H30F2N4O3S/c1-15-7-9-27(10-8-15)21-25-26-22(28(21)13-17-4-3-11-30-17)32-14-16-5-6-18(31-20(23)24)19(12-16)29-2/h5-6,12,15,17,20H,3-4,7-11,13-14H2,1-2H3. The summed E-state index contributed by atoms with van der Waals surface area (Å²) in [6.45, 7) is 2.91. The molecule has 0 aliphatic carbocycles. The number of aromatic nitrogens is 3. The van der Waals surface area contributed by atoms with Crippen LogP contribution in [-0.4, -0.2) is 54.3 Å². The van der Waals surface area contributed by atoms with Gasteiger partial charge in [0.2, 0.25) is 5.95 Å². The van der Waals surface area contributed by atoms with Crippen molar-refractivity contribution in [1.82, 2.24) is 14.8 Å². The van der Waals surface area contributed by atoms with Gasteiger partial charge in [0.25, 0.3) is 0 Å². The van der Waals surface area contributed by atoms with Crippen LogP contribution in [0, 0.1) is 5.92 Å². The zero-order valence-corrected chi connectivity index (χ0v) is 19.3. The predicted molar refractivity (Wildman–Crippen MR) is 119 cm³/mol. The second-order valence-electron chi connectivity index (χ2n) is 8.35. The lowest BCUT2D eigenvalue weighted by Crippen LogP contribution is -2.35. The number of anilines is 1. The van der Waals surface area contributed by atoms with Crippen LogP contribution in [0.5, 0.6) is 11.5 Å². The Bertz CT molecular complexity index is 884. The molecule has 2 fully saturated rings. The Balaban J connectivity index is 1.50. The van der Waals surface area contributed by atoms with Crippen LogP contribution in [0.25, 0.3) is 0 Å². The molecule has 0 amide bonds. The summed E-state index contributed by atoms with van der Waals surface area (Å²) in [5.41, 5.74) is 0.925. The molecule has 3 heterocycles. The normalized spacial score (nSPS) is 19.7. The summed E-state index contributed by atoms with van der Waals surface area (Å²) in [7, 11) is 1.44. The lowest BCUT2D eigenvalue weighted by Gasteiger charge is -2.31. The summed E-state index contributed by atoms with van der Waals surface area (Å²) in [6.07, 6.45) is 4.61. The Hall–Kier alpha value is -2.07. The van der Waals surface area contributed by atoms with Crippen LogP contribution in [0.1, 0.15) is 38.2 Å². The zero-order valence-electron chi connectivity index (χ0n) is 18.5. The van der Waals surface area contributed by atoms with E-state index in [0.29, 0.717) is 5.75 Å². The second kappa shape index (κ2) is 10.7. The molecule has 2 aromatic rings. The lowest BCUT2D eigenvalue weighted by molar-refractivity contribution is -0.0512. The number of ether oxygens (including phenoxy) is 3.